The summed E-state index contributed by atoms with van der Waals surface area (Å²) in [6.07, 6.45) is 1.02. The number of hydrogen-bond acceptors (Lipinski definition) is 5. The van der Waals surface area contributed by atoms with Gasteiger partial charge >= 0.3 is 0 Å². The molecule has 0 saturated carbocycles. The highest BCUT2D eigenvalue weighted by Gasteiger charge is 2.38. The molecule has 0 aliphatic carbocycles. The van der Waals surface area contributed by atoms with Gasteiger partial charge in [-0.1, -0.05) is 48.9 Å². The Labute approximate surface area is 214 Å². The predicted octanol–water partition coefficient (Wildman–Crippen LogP) is 5.26. The van der Waals surface area contributed by atoms with Crippen LogP contribution in [0.3, 0.4) is 0 Å². The lowest BCUT2D eigenvalue weighted by Gasteiger charge is -2.15. The van der Waals surface area contributed by atoms with Gasteiger partial charge in [-0.2, -0.15) is 0 Å². The van der Waals surface area contributed by atoms with Gasteiger partial charge in [0.05, 0.1) is 18.7 Å². The molecule has 0 unspecified atom stereocenters. The highest BCUT2D eigenvalue weighted by Crippen LogP contribution is 2.31. The van der Waals surface area contributed by atoms with Gasteiger partial charge in [-0.05, 0) is 66.9 Å². The number of amides is 3. The highest BCUT2D eigenvalue weighted by molar-refractivity contribution is 6.53. The van der Waals surface area contributed by atoms with Gasteiger partial charge in [0.1, 0.15) is 16.5 Å². The van der Waals surface area contributed by atoms with Gasteiger partial charge in [0.25, 0.3) is 11.8 Å². The average molecular weight is 504 g/mol. The topological polar surface area (TPSA) is 87.7 Å². The number of carbonyl (C=O) groups excluding carboxylic acids is 3. The zero-order chi connectivity index (χ0) is 25.7. The number of aryl methyl sites for hydroxylation is 1. The summed E-state index contributed by atoms with van der Waals surface area (Å²) in [7, 11) is 0. The van der Waals surface area contributed by atoms with Crippen LogP contribution in [0.2, 0.25) is 0 Å². The van der Waals surface area contributed by atoms with E-state index in [1.54, 1.807) is 48.5 Å². The minimum Gasteiger partial charge on any atom is -0.494 e. The molecule has 4 rings (SSSR count). The van der Waals surface area contributed by atoms with Gasteiger partial charge in [0.2, 0.25) is 5.91 Å². The van der Waals surface area contributed by atoms with Crippen LogP contribution in [0.5, 0.6) is 5.75 Å². The lowest BCUT2D eigenvalue weighted by molar-refractivity contribution is -0.120. The van der Waals surface area contributed by atoms with Crippen molar-refractivity contribution in [1.82, 2.24) is 0 Å². The van der Waals surface area contributed by atoms with Crippen molar-refractivity contribution in [3.05, 3.63) is 94.7 Å². The summed E-state index contributed by atoms with van der Waals surface area (Å²) >= 11 is 6.23. The van der Waals surface area contributed by atoms with E-state index < -0.39 is 11.8 Å². The molecule has 1 aliphatic rings. The molecule has 2 N–H and O–H groups in total. The van der Waals surface area contributed by atoms with Gasteiger partial charge in [-0.25, -0.2) is 4.90 Å². The first-order valence-corrected chi connectivity index (χ1v) is 12.0. The lowest BCUT2D eigenvalue weighted by atomic mass is 10.1. The number of nitrogens with one attached hydrogen (secondary N) is 2. The van der Waals surface area contributed by atoms with E-state index in [1.165, 1.54) is 0 Å². The summed E-state index contributed by atoms with van der Waals surface area (Å²) in [6, 6.07) is 21.4. The first-order valence-electron chi connectivity index (χ1n) is 11.7. The van der Waals surface area contributed by atoms with Gasteiger partial charge < -0.3 is 15.4 Å². The largest absolute Gasteiger partial charge is 0.494 e. The Hall–Kier alpha value is -4.10. The number of rotatable bonds is 9. The van der Waals surface area contributed by atoms with Crippen LogP contribution in [-0.4, -0.2) is 24.3 Å². The van der Waals surface area contributed by atoms with E-state index in [-0.39, 0.29) is 23.1 Å². The number of carbonyl (C=O) groups is 3. The zero-order valence-corrected chi connectivity index (χ0v) is 20.8. The summed E-state index contributed by atoms with van der Waals surface area (Å²) < 4.78 is 5.41. The van der Waals surface area contributed by atoms with Crippen LogP contribution in [0.25, 0.3) is 0 Å². The molecule has 184 valence electrons. The Balaban J connectivity index is 1.41. The summed E-state index contributed by atoms with van der Waals surface area (Å²) in [5, 5.41) is 5.72. The van der Waals surface area contributed by atoms with Crippen molar-refractivity contribution in [1.29, 1.82) is 0 Å². The molecule has 0 saturated heterocycles. The van der Waals surface area contributed by atoms with Crippen LogP contribution < -0.4 is 20.3 Å². The highest BCUT2D eigenvalue weighted by atomic mass is 35.5. The number of imide groups is 1. The molecular weight excluding hydrogens is 478 g/mol. The molecule has 7 nitrogen and oxygen atoms in total. The molecule has 3 amide bonds. The fraction of sp³-hybridized carbons (Fsp3) is 0.179. The van der Waals surface area contributed by atoms with Gasteiger partial charge in [-0.15, -0.1) is 0 Å². The lowest BCUT2D eigenvalue weighted by Crippen LogP contribution is -2.32. The molecule has 0 atom stereocenters. The van der Waals surface area contributed by atoms with E-state index in [2.05, 4.69) is 10.6 Å². The van der Waals surface area contributed by atoms with Crippen molar-refractivity contribution in [2.45, 2.75) is 26.7 Å². The van der Waals surface area contributed by atoms with Gasteiger partial charge in [0, 0.05) is 11.4 Å². The molecular formula is C28H26ClN3O4. The zero-order valence-electron chi connectivity index (χ0n) is 20.0. The molecule has 1 aliphatic heterocycles. The van der Waals surface area contributed by atoms with Crippen molar-refractivity contribution >= 4 is 46.4 Å². The van der Waals surface area contributed by atoms with Gasteiger partial charge in [-0.3, -0.25) is 14.4 Å². The van der Waals surface area contributed by atoms with Crippen LogP contribution >= 0.6 is 11.6 Å². The number of nitrogens with zero attached hydrogens (tertiary/aromatic N) is 1. The normalized spacial score (nSPS) is 13.2. The summed E-state index contributed by atoms with van der Waals surface area (Å²) in [6.45, 7) is 4.42. The Bertz CT molecular complexity index is 1320. The van der Waals surface area contributed by atoms with Crippen LogP contribution in [0.1, 0.15) is 25.0 Å². The second kappa shape index (κ2) is 11.1. The minimum atomic E-state index is -0.603. The molecule has 8 heteroatoms. The molecule has 36 heavy (non-hydrogen) atoms. The fourth-order valence-corrected chi connectivity index (χ4v) is 4.10. The first kappa shape index (κ1) is 25.0. The molecule has 3 aromatic carbocycles. The molecule has 0 aromatic heterocycles. The smallest absolute Gasteiger partial charge is 0.283 e. The molecule has 3 aromatic rings. The molecule has 0 fully saturated rings. The molecule has 1 heterocycles. The van der Waals surface area contributed by atoms with Crippen molar-refractivity contribution < 1.29 is 19.1 Å². The SMILES string of the molecule is CCOc1ccc(N2C(=O)C(Cl)=C(Nc3ccc(CC(=O)Nc4ccccc4CC)cc3)C2=O)cc1. The maximum Gasteiger partial charge on any atom is 0.283 e. The van der Waals surface area contributed by atoms with Crippen molar-refractivity contribution in [3.8, 4) is 5.75 Å². The number of para-hydroxylation sites is 1. The molecule has 0 spiro atoms. The Morgan fingerprint density at radius 2 is 1.61 bits per heavy atom. The summed E-state index contributed by atoms with van der Waals surface area (Å²) in [5.41, 5.74) is 3.65. The van der Waals surface area contributed by atoms with Crippen LogP contribution in [0.15, 0.2) is 83.5 Å². The Morgan fingerprint density at radius 1 is 0.917 bits per heavy atom. The van der Waals surface area contributed by atoms with E-state index in [4.69, 9.17) is 16.3 Å². The average Bonchev–Trinajstić information content (AvgIpc) is 3.09. The number of ether oxygens (including phenoxy) is 1. The maximum absolute atomic E-state index is 13.0. The summed E-state index contributed by atoms with van der Waals surface area (Å²) in [4.78, 5) is 39.2. The van der Waals surface area contributed by atoms with Crippen molar-refractivity contribution in [3.63, 3.8) is 0 Å². The quantitative estimate of drug-likeness (QED) is 0.389. The van der Waals surface area contributed by atoms with Crippen LogP contribution in [-0.2, 0) is 27.2 Å². The van der Waals surface area contributed by atoms with Crippen LogP contribution in [0.4, 0.5) is 17.1 Å². The number of hydrogen-bond donors (Lipinski definition) is 2. The number of anilines is 3. The van der Waals surface area contributed by atoms with Gasteiger partial charge in [0.15, 0.2) is 0 Å². The Morgan fingerprint density at radius 3 is 2.28 bits per heavy atom. The number of benzene rings is 3. The minimum absolute atomic E-state index is 0.00258. The van der Waals surface area contributed by atoms with E-state index >= 15 is 0 Å². The predicted molar refractivity (Wildman–Crippen MR) is 141 cm³/mol. The van der Waals surface area contributed by atoms with Crippen LogP contribution in [0, 0.1) is 0 Å². The second-order valence-corrected chi connectivity index (χ2v) is 8.50. The van der Waals surface area contributed by atoms with E-state index in [0.717, 1.165) is 28.1 Å². The van der Waals surface area contributed by atoms with Crippen molar-refractivity contribution in [2.75, 3.05) is 22.1 Å². The second-order valence-electron chi connectivity index (χ2n) is 8.12. The monoisotopic (exact) mass is 503 g/mol. The Kier molecular flexibility index (Phi) is 7.71. The van der Waals surface area contributed by atoms with E-state index in [1.807, 2.05) is 38.1 Å². The summed E-state index contributed by atoms with van der Waals surface area (Å²) in [5.74, 6) is -0.632. The third kappa shape index (κ3) is 5.42. The third-order valence-electron chi connectivity index (χ3n) is 5.69. The third-order valence-corrected chi connectivity index (χ3v) is 6.04. The maximum atomic E-state index is 13.0. The number of halogens is 1. The molecule has 0 radical (unpaired) electrons. The fourth-order valence-electron chi connectivity index (χ4n) is 3.88. The van der Waals surface area contributed by atoms with E-state index in [0.29, 0.717) is 23.7 Å². The standard InChI is InChI=1S/C28H26ClN3O4/c1-3-19-7-5-6-8-23(19)31-24(33)17-18-9-11-20(12-10-18)30-26-25(29)27(34)32(28(26)35)21-13-15-22(16-14-21)36-4-2/h5-16,30H,3-4,17H2,1-2H3,(H,31,33). The molecule has 0 bridgehead atoms. The van der Waals surface area contributed by atoms with Crippen molar-refractivity contribution in [2.24, 2.45) is 0 Å². The van der Waals surface area contributed by atoms with E-state index in [9.17, 15) is 14.4 Å². The first-order chi connectivity index (χ1) is 17.4.